The minimum absolute atomic E-state index is 0.124. The van der Waals surface area contributed by atoms with E-state index in [0.29, 0.717) is 6.54 Å². The quantitative estimate of drug-likeness (QED) is 0.744. The fourth-order valence-electron chi connectivity index (χ4n) is 1.27. The molecule has 0 spiro atoms. The molecule has 0 amide bonds. The van der Waals surface area contributed by atoms with Gasteiger partial charge in [-0.3, -0.25) is 0 Å². The predicted molar refractivity (Wildman–Crippen MR) is 60.8 cm³/mol. The van der Waals surface area contributed by atoms with Crippen molar-refractivity contribution in [2.75, 3.05) is 12.3 Å². The first-order valence-electron chi connectivity index (χ1n) is 4.85. The monoisotopic (exact) mass is 246 g/mol. The summed E-state index contributed by atoms with van der Waals surface area (Å²) in [6.07, 6.45) is 0. The largest absolute Gasteiger partial charge is 0.312 e. The summed E-state index contributed by atoms with van der Waals surface area (Å²) in [7, 11) is -3.43. The van der Waals surface area contributed by atoms with Gasteiger partial charge in [-0.2, -0.15) is 0 Å². The van der Waals surface area contributed by atoms with Crippen LogP contribution in [0.4, 0.5) is 4.39 Å². The number of benzene rings is 1. The van der Waals surface area contributed by atoms with Crippen LogP contribution in [0.2, 0.25) is 0 Å². The third-order valence-electron chi connectivity index (χ3n) is 2.19. The van der Waals surface area contributed by atoms with Gasteiger partial charge in [0, 0.05) is 13.1 Å². The molecule has 0 radical (unpaired) electrons. The topological polar surface area (TPSA) is 72.2 Å². The molecule has 0 heterocycles. The molecule has 0 aromatic heterocycles. The zero-order chi connectivity index (χ0) is 12.2. The first-order valence-corrected chi connectivity index (χ1v) is 6.56. The van der Waals surface area contributed by atoms with E-state index in [1.54, 1.807) is 6.07 Å². The van der Waals surface area contributed by atoms with Crippen LogP contribution in [0.15, 0.2) is 18.2 Å². The van der Waals surface area contributed by atoms with E-state index >= 15 is 0 Å². The van der Waals surface area contributed by atoms with Crippen molar-refractivity contribution in [1.82, 2.24) is 5.32 Å². The molecule has 0 atom stereocenters. The lowest BCUT2D eigenvalue weighted by Crippen LogP contribution is -2.27. The van der Waals surface area contributed by atoms with Crippen molar-refractivity contribution in [3.63, 3.8) is 0 Å². The second kappa shape index (κ2) is 5.38. The first kappa shape index (κ1) is 13.1. The van der Waals surface area contributed by atoms with Gasteiger partial charge in [0.2, 0.25) is 10.0 Å². The zero-order valence-corrected chi connectivity index (χ0v) is 9.85. The SMILES string of the molecule is Cc1ccc(F)cc1CNCCS(N)(=O)=O. The Labute approximate surface area is 94.7 Å². The Balaban J connectivity index is 2.46. The molecule has 0 bridgehead atoms. The summed E-state index contributed by atoms with van der Waals surface area (Å²) in [6.45, 7) is 2.56. The summed E-state index contributed by atoms with van der Waals surface area (Å²) < 4.78 is 34.2. The number of hydrogen-bond donors (Lipinski definition) is 2. The zero-order valence-electron chi connectivity index (χ0n) is 9.03. The maximum absolute atomic E-state index is 12.9. The number of nitrogens with two attached hydrogens (primary N) is 1. The van der Waals surface area contributed by atoms with Gasteiger partial charge in [0.1, 0.15) is 5.82 Å². The van der Waals surface area contributed by atoms with Gasteiger partial charge in [-0.25, -0.2) is 17.9 Å². The number of sulfonamides is 1. The standard InChI is InChI=1S/C10H15FN2O2S/c1-8-2-3-10(11)6-9(8)7-13-4-5-16(12,14)15/h2-3,6,13H,4-5,7H2,1H3,(H2,12,14,15). The Kier molecular flexibility index (Phi) is 4.40. The van der Waals surface area contributed by atoms with Gasteiger partial charge >= 0.3 is 0 Å². The van der Waals surface area contributed by atoms with E-state index in [-0.39, 0.29) is 18.1 Å². The summed E-state index contributed by atoms with van der Waals surface area (Å²) in [4.78, 5) is 0. The molecule has 3 N–H and O–H groups in total. The van der Waals surface area contributed by atoms with E-state index < -0.39 is 10.0 Å². The van der Waals surface area contributed by atoms with Crippen LogP contribution in [0.5, 0.6) is 0 Å². The Morgan fingerprint density at radius 3 is 2.75 bits per heavy atom. The van der Waals surface area contributed by atoms with E-state index in [0.717, 1.165) is 11.1 Å². The van der Waals surface area contributed by atoms with E-state index in [1.165, 1.54) is 12.1 Å². The van der Waals surface area contributed by atoms with Gasteiger partial charge < -0.3 is 5.32 Å². The van der Waals surface area contributed by atoms with Crippen molar-refractivity contribution in [2.45, 2.75) is 13.5 Å². The smallest absolute Gasteiger partial charge is 0.210 e. The highest BCUT2D eigenvalue weighted by molar-refractivity contribution is 7.89. The second-order valence-corrected chi connectivity index (χ2v) is 5.35. The third kappa shape index (κ3) is 4.69. The molecule has 0 aliphatic heterocycles. The van der Waals surface area contributed by atoms with E-state index in [4.69, 9.17) is 5.14 Å². The molecule has 0 saturated carbocycles. The third-order valence-corrected chi connectivity index (χ3v) is 2.96. The Hall–Kier alpha value is -0.980. The minimum Gasteiger partial charge on any atom is -0.312 e. The maximum Gasteiger partial charge on any atom is 0.210 e. The molecule has 4 nitrogen and oxygen atoms in total. The number of hydrogen-bond acceptors (Lipinski definition) is 3. The molecule has 6 heteroatoms. The van der Waals surface area contributed by atoms with Gasteiger partial charge in [-0.1, -0.05) is 6.07 Å². The van der Waals surface area contributed by atoms with Crippen molar-refractivity contribution in [3.8, 4) is 0 Å². The molecule has 0 aliphatic rings. The summed E-state index contributed by atoms with van der Waals surface area (Å²) in [5.41, 5.74) is 1.78. The molecule has 1 aromatic carbocycles. The van der Waals surface area contributed by atoms with Gasteiger partial charge in [0.05, 0.1) is 5.75 Å². The van der Waals surface area contributed by atoms with Crippen LogP contribution < -0.4 is 10.5 Å². The van der Waals surface area contributed by atoms with Crippen molar-refractivity contribution in [1.29, 1.82) is 0 Å². The summed E-state index contributed by atoms with van der Waals surface area (Å²) in [5.74, 6) is -0.421. The number of nitrogens with one attached hydrogen (secondary N) is 1. The highest BCUT2D eigenvalue weighted by atomic mass is 32.2. The number of rotatable bonds is 5. The molecular weight excluding hydrogens is 231 g/mol. The van der Waals surface area contributed by atoms with E-state index in [2.05, 4.69) is 5.32 Å². The fraction of sp³-hybridized carbons (Fsp3) is 0.400. The molecule has 0 aliphatic carbocycles. The van der Waals surface area contributed by atoms with Crippen LogP contribution in [0.3, 0.4) is 0 Å². The molecule has 16 heavy (non-hydrogen) atoms. The van der Waals surface area contributed by atoms with Crippen LogP contribution in [-0.2, 0) is 16.6 Å². The summed E-state index contributed by atoms with van der Waals surface area (Å²) in [6, 6.07) is 4.51. The van der Waals surface area contributed by atoms with Crippen LogP contribution >= 0.6 is 0 Å². The molecule has 90 valence electrons. The van der Waals surface area contributed by atoms with Crippen LogP contribution in [0, 0.1) is 12.7 Å². The molecule has 0 unspecified atom stereocenters. The number of halogens is 1. The van der Waals surface area contributed by atoms with Crippen molar-refractivity contribution in [2.24, 2.45) is 5.14 Å². The Bertz CT molecular complexity index is 460. The van der Waals surface area contributed by atoms with E-state index in [1.807, 2.05) is 6.92 Å². The van der Waals surface area contributed by atoms with Gasteiger partial charge in [0.15, 0.2) is 0 Å². The Morgan fingerprint density at radius 1 is 1.44 bits per heavy atom. The summed E-state index contributed by atoms with van der Waals surface area (Å²) >= 11 is 0. The normalized spacial score (nSPS) is 11.7. The van der Waals surface area contributed by atoms with Crippen molar-refractivity contribution in [3.05, 3.63) is 35.1 Å². The minimum atomic E-state index is -3.43. The van der Waals surface area contributed by atoms with Crippen LogP contribution in [0.1, 0.15) is 11.1 Å². The maximum atomic E-state index is 12.9. The lowest BCUT2D eigenvalue weighted by Gasteiger charge is -2.07. The van der Waals surface area contributed by atoms with Crippen molar-refractivity contribution >= 4 is 10.0 Å². The van der Waals surface area contributed by atoms with Crippen LogP contribution in [0.25, 0.3) is 0 Å². The number of primary sulfonamides is 1. The highest BCUT2D eigenvalue weighted by Crippen LogP contribution is 2.09. The number of aryl methyl sites for hydroxylation is 1. The molecule has 1 aromatic rings. The average Bonchev–Trinajstić information content (AvgIpc) is 2.16. The molecule has 0 saturated heterocycles. The lowest BCUT2D eigenvalue weighted by atomic mass is 10.1. The van der Waals surface area contributed by atoms with Gasteiger partial charge in [0.25, 0.3) is 0 Å². The molecule has 0 fully saturated rings. The Morgan fingerprint density at radius 2 is 2.12 bits per heavy atom. The second-order valence-electron chi connectivity index (χ2n) is 3.61. The molecular formula is C10H15FN2O2S. The van der Waals surface area contributed by atoms with E-state index in [9.17, 15) is 12.8 Å². The van der Waals surface area contributed by atoms with Crippen LogP contribution in [-0.4, -0.2) is 20.7 Å². The van der Waals surface area contributed by atoms with Gasteiger partial charge in [-0.15, -0.1) is 0 Å². The first-order chi connectivity index (χ1) is 7.38. The lowest BCUT2D eigenvalue weighted by molar-refractivity contribution is 0.591. The fourth-order valence-corrected chi connectivity index (χ4v) is 1.70. The van der Waals surface area contributed by atoms with Gasteiger partial charge in [-0.05, 0) is 30.2 Å². The highest BCUT2D eigenvalue weighted by Gasteiger charge is 2.03. The summed E-state index contributed by atoms with van der Waals surface area (Å²) in [5, 5.41) is 7.74. The predicted octanol–water partition coefficient (Wildman–Crippen LogP) is 0.512. The van der Waals surface area contributed by atoms with Crippen molar-refractivity contribution < 1.29 is 12.8 Å². The average molecular weight is 246 g/mol. The molecule has 1 rings (SSSR count).